The Balaban J connectivity index is 1.43. The number of likely N-dealkylation sites (tertiary alicyclic amines) is 1. The van der Waals surface area contributed by atoms with Crippen molar-refractivity contribution in [1.29, 1.82) is 0 Å². The molecule has 2 aromatic heterocycles. The fourth-order valence-corrected chi connectivity index (χ4v) is 4.41. The largest absolute Gasteiger partial charge is 0.339 e. The number of hydrogen-bond acceptors (Lipinski definition) is 7. The summed E-state index contributed by atoms with van der Waals surface area (Å²) in [6, 6.07) is 7.86. The number of thioether (sulfide) groups is 1. The minimum Gasteiger partial charge on any atom is -0.339 e. The molecule has 0 radical (unpaired) electrons. The van der Waals surface area contributed by atoms with Gasteiger partial charge in [-0.25, -0.2) is 4.98 Å². The van der Waals surface area contributed by atoms with Gasteiger partial charge >= 0.3 is 0 Å². The lowest BCUT2D eigenvalue weighted by Crippen LogP contribution is -2.40. The van der Waals surface area contributed by atoms with E-state index in [2.05, 4.69) is 27.0 Å². The van der Waals surface area contributed by atoms with Crippen molar-refractivity contribution < 1.29 is 9.32 Å². The molecule has 1 aromatic carbocycles. The van der Waals surface area contributed by atoms with Gasteiger partial charge in [0, 0.05) is 36.8 Å². The summed E-state index contributed by atoms with van der Waals surface area (Å²) in [5.74, 6) is 2.37. The second-order valence-corrected chi connectivity index (χ2v) is 8.30. The molecule has 1 aliphatic heterocycles. The molecule has 1 amide bonds. The maximum absolute atomic E-state index is 13.1. The molecule has 29 heavy (non-hydrogen) atoms. The van der Waals surface area contributed by atoms with Gasteiger partial charge < -0.3 is 9.42 Å². The van der Waals surface area contributed by atoms with Crippen LogP contribution in [0.15, 0.2) is 52.3 Å². The van der Waals surface area contributed by atoms with Crippen molar-refractivity contribution in [3.05, 3.63) is 54.3 Å². The number of benzene rings is 1. The van der Waals surface area contributed by atoms with E-state index in [0.29, 0.717) is 36.3 Å². The molecule has 0 N–H and O–H groups in total. The Morgan fingerprint density at radius 3 is 3.03 bits per heavy atom. The molecule has 1 fully saturated rings. The Kier molecular flexibility index (Phi) is 6.19. The summed E-state index contributed by atoms with van der Waals surface area (Å²) in [6.45, 7) is 3.59. The first kappa shape index (κ1) is 19.6. The van der Waals surface area contributed by atoms with Gasteiger partial charge in [-0.3, -0.25) is 9.78 Å². The molecule has 4 rings (SSSR count). The van der Waals surface area contributed by atoms with Gasteiger partial charge in [0.05, 0.1) is 11.8 Å². The first-order chi connectivity index (χ1) is 14.2. The van der Waals surface area contributed by atoms with Crippen LogP contribution < -0.4 is 0 Å². The number of aromatic nitrogens is 4. The Bertz CT molecular complexity index is 962. The SMILES string of the molecule is CCSc1ccccc1C(=O)N1CCCC(Cc2nc(-c3cnccn3)no2)C1. The molecule has 0 saturated carbocycles. The van der Waals surface area contributed by atoms with Crippen LogP contribution in [-0.4, -0.2) is 49.8 Å². The third-order valence-corrected chi connectivity index (χ3v) is 5.90. The minimum atomic E-state index is 0.108. The zero-order valence-corrected chi connectivity index (χ0v) is 17.1. The molecular formula is C21H23N5O2S. The highest BCUT2D eigenvalue weighted by atomic mass is 32.2. The van der Waals surface area contributed by atoms with E-state index in [9.17, 15) is 4.79 Å². The molecule has 1 unspecified atom stereocenters. The Morgan fingerprint density at radius 2 is 2.21 bits per heavy atom. The highest BCUT2D eigenvalue weighted by Gasteiger charge is 2.27. The predicted octanol–water partition coefficient (Wildman–Crippen LogP) is 3.73. The van der Waals surface area contributed by atoms with Crippen LogP contribution in [0.4, 0.5) is 0 Å². The van der Waals surface area contributed by atoms with E-state index in [-0.39, 0.29) is 5.91 Å². The van der Waals surface area contributed by atoms with Gasteiger partial charge in [0.2, 0.25) is 11.7 Å². The summed E-state index contributed by atoms with van der Waals surface area (Å²) in [5, 5.41) is 4.01. The molecule has 3 aromatic rings. The normalized spacial score (nSPS) is 16.7. The zero-order valence-electron chi connectivity index (χ0n) is 16.3. The summed E-state index contributed by atoms with van der Waals surface area (Å²) >= 11 is 1.71. The molecule has 0 spiro atoms. The van der Waals surface area contributed by atoms with Crippen LogP contribution in [0.2, 0.25) is 0 Å². The average molecular weight is 410 g/mol. The summed E-state index contributed by atoms with van der Waals surface area (Å²) in [7, 11) is 0. The number of hydrogen-bond donors (Lipinski definition) is 0. The van der Waals surface area contributed by atoms with Crippen LogP contribution in [0.3, 0.4) is 0 Å². The molecule has 3 heterocycles. The Hall–Kier alpha value is -2.74. The number of rotatable bonds is 6. The highest BCUT2D eigenvalue weighted by molar-refractivity contribution is 7.99. The molecule has 8 heteroatoms. The van der Waals surface area contributed by atoms with Gasteiger partial charge in [0.1, 0.15) is 5.69 Å². The Morgan fingerprint density at radius 1 is 1.31 bits per heavy atom. The lowest BCUT2D eigenvalue weighted by Gasteiger charge is -2.32. The number of nitrogens with zero attached hydrogens (tertiary/aromatic N) is 5. The summed E-state index contributed by atoms with van der Waals surface area (Å²) < 4.78 is 5.42. The average Bonchev–Trinajstić information content (AvgIpc) is 3.23. The topological polar surface area (TPSA) is 85.0 Å². The van der Waals surface area contributed by atoms with Gasteiger partial charge in [-0.05, 0) is 36.6 Å². The van der Waals surface area contributed by atoms with Crippen LogP contribution in [0.25, 0.3) is 11.5 Å². The quantitative estimate of drug-likeness (QED) is 0.573. The van der Waals surface area contributed by atoms with Gasteiger partial charge in [-0.15, -0.1) is 11.8 Å². The van der Waals surface area contributed by atoms with Crippen molar-refractivity contribution in [1.82, 2.24) is 25.0 Å². The maximum atomic E-state index is 13.1. The molecule has 0 aliphatic carbocycles. The van der Waals surface area contributed by atoms with Crippen LogP contribution in [0.5, 0.6) is 0 Å². The van der Waals surface area contributed by atoms with Crippen molar-refractivity contribution in [3.8, 4) is 11.5 Å². The minimum absolute atomic E-state index is 0.108. The number of carbonyl (C=O) groups excluding carboxylic acids is 1. The summed E-state index contributed by atoms with van der Waals surface area (Å²) in [5.41, 5.74) is 1.38. The monoisotopic (exact) mass is 409 g/mol. The lowest BCUT2D eigenvalue weighted by atomic mass is 9.94. The van der Waals surface area contributed by atoms with Crippen LogP contribution >= 0.6 is 11.8 Å². The smallest absolute Gasteiger partial charge is 0.254 e. The predicted molar refractivity (Wildman–Crippen MR) is 110 cm³/mol. The van der Waals surface area contributed by atoms with Crippen LogP contribution in [0.1, 0.15) is 36.0 Å². The maximum Gasteiger partial charge on any atom is 0.254 e. The molecule has 7 nitrogen and oxygen atoms in total. The highest BCUT2D eigenvalue weighted by Crippen LogP contribution is 2.27. The van der Waals surface area contributed by atoms with E-state index >= 15 is 0 Å². The number of amides is 1. The van der Waals surface area contributed by atoms with E-state index < -0.39 is 0 Å². The number of piperidine rings is 1. The van der Waals surface area contributed by atoms with Gasteiger partial charge in [-0.1, -0.05) is 24.2 Å². The van der Waals surface area contributed by atoms with Crippen LogP contribution in [-0.2, 0) is 6.42 Å². The third kappa shape index (κ3) is 4.64. The zero-order chi connectivity index (χ0) is 20.1. The molecule has 1 aliphatic rings. The first-order valence-electron chi connectivity index (χ1n) is 9.84. The Labute approximate surface area is 173 Å². The van der Waals surface area contributed by atoms with E-state index in [1.165, 1.54) is 0 Å². The number of carbonyl (C=O) groups is 1. The molecule has 0 bridgehead atoms. The fraction of sp³-hybridized carbons (Fsp3) is 0.381. The summed E-state index contributed by atoms with van der Waals surface area (Å²) in [6.07, 6.45) is 7.49. The fourth-order valence-electron chi connectivity index (χ4n) is 3.61. The van der Waals surface area contributed by atoms with Crippen molar-refractivity contribution >= 4 is 17.7 Å². The van der Waals surface area contributed by atoms with Gasteiger partial charge in [0.15, 0.2) is 0 Å². The van der Waals surface area contributed by atoms with Crippen LogP contribution in [0, 0.1) is 5.92 Å². The van der Waals surface area contributed by atoms with E-state index in [1.54, 1.807) is 30.4 Å². The van der Waals surface area contributed by atoms with Gasteiger partial charge in [0.25, 0.3) is 5.91 Å². The van der Waals surface area contributed by atoms with Gasteiger partial charge in [-0.2, -0.15) is 4.98 Å². The molecule has 150 valence electrons. The van der Waals surface area contributed by atoms with E-state index in [1.807, 2.05) is 29.2 Å². The van der Waals surface area contributed by atoms with Crippen molar-refractivity contribution in [3.63, 3.8) is 0 Å². The second-order valence-electron chi connectivity index (χ2n) is 7.00. The van der Waals surface area contributed by atoms with E-state index in [4.69, 9.17) is 4.52 Å². The van der Waals surface area contributed by atoms with Crippen molar-refractivity contribution in [2.45, 2.75) is 31.1 Å². The second kappa shape index (κ2) is 9.17. The molecular weight excluding hydrogens is 386 g/mol. The molecule has 1 saturated heterocycles. The van der Waals surface area contributed by atoms with E-state index in [0.717, 1.165) is 35.6 Å². The third-order valence-electron chi connectivity index (χ3n) is 4.95. The van der Waals surface area contributed by atoms with Crippen molar-refractivity contribution in [2.75, 3.05) is 18.8 Å². The van der Waals surface area contributed by atoms with Crippen molar-refractivity contribution in [2.24, 2.45) is 5.92 Å². The lowest BCUT2D eigenvalue weighted by molar-refractivity contribution is 0.0664. The summed E-state index contributed by atoms with van der Waals surface area (Å²) in [4.78, 5) is 28.8. The first-order valence-corrected chi connectivity index (χ1v) is 10.8. The molecule has 1 atom stereocenters. The standard InChI is InChI=1S/C21H23N5O2S/c1-2-29-18-8-4-3-7-16(18)21(27)26-11-5-6-15(14-26)12-19-24-20(25-28-19)17-13-22-9-10-23-17/h3-4,7-10,13,15H,2,5-6,11-12,14H2,1H3.